The number of ketones is 2. The van der Waals surface area contributed by atoms with E-state index in [1.165, 1.54) is 31.3 Å². The number of benzene rings is 2. The molecule has 3 N–H and O–H groups in total. The zero-order chi connectivity index (χ0) is 33.3. The number of Topliss-reactive ketones (excluding diaryl/α,β-unsaturated/α-hetero) is 2. The highest BCUT2D eigenvalue weighted by Gasteiger charge is 2.31. The normalized spacial score (nSPS) is 13.1. The fourth-order valence-electron chi connectivity index (χ4n) is 7.39. The summed E-state index contributed by atoms with van der Waals surface area (Å²) in [5.74, 6) is -0.236. The number of rotatable bonds is 8. The van der Waals surface area contributed by atoms with E-state index in [1.54, 1.807) is 36.5 Å². The minimum Gasteiger partial charge on any atom is -0.361 e. The van der Waals surface area contributed by atoms with E-state index < -0.39 is 0 Å². The Labute approximate surface area is 298 Å². The van der Waals surface area contributed by atoms with Gasteiger partial charge in [0.15, 0.2) is 11.6 Å². The molecule has 0 aliphatic rings. The van der Waals surface area contributed by atoms with Crippen molar-refractivity contribution in [2.24, 2.45) is 0 Å². The van der Waals surface area contributed by atoms with E-state index >= 15 is 0 Å². The fraction of sp³-hybridized carbons (Fsp3) is 0.211. The molecule has 0 spiro atoms. The number of nitrogens with one attached hydrogen (secondary N) is 3. The molecule has 0 radical (unpaired) electrons. The molecule has 5 nitrogen and oxygen atoms in total. The molecule has 7 aromatic rings. The van der Waals surface area contributed by atoms with Crippen molar-refractivity contribution in [1.29, 1.82) is 0 Å². The lowest BCUT2D eigenvalue weighted by molar-refractivity contribution is 0.100. The van der Waals surface area contributed by atoms with Gasteiger partial charge in [-0.05, 0) is 134 Å². The highest BCUT2D eigenvalue weighted by atomic mass is 79.9. The molecule has 2 atom stereocenters. The molecule has 9 heteroatoms. The van der Waals surface area contributed by atoms with Crippen molar-refractivity contribution in [1.82, 2.24) is 15.0 Å². The monoisotopic (exact) mass is 785 g/mol. The van der Waals surface area contributed by atoms with Gasteiger partial charge in [-0.1, -0.05) is 31.9 Å². The second-order valence-electron chi connectivity index (χ2n) is 12.3. The highest BCUT2D eigenvalue weighted by molar-refractivity contribution is 9.10. The zero-order valence-corrected chi connectivity index (χ0v) is 31.6. The van der Waals surface area contributed by atoms with Crippen LogP contribution < -0.4 is 0 Å². The number of hydrogen-bond donors (Lipinski definition) is 3. The van der Waals surface area contributed by atoms with E-state index in [0.717, 1.165) is 65.4 Å². The molecule has 0 saturated carbocycles. The van der Waals surface area contributed by atoms with E-state index in [4.69, 9.17) is 0 Å². The Bertz CT molecular complexity index is 2200. The number of aryl methyl sites for hydroxylation is 2. The summed E-state index contributed by atoms with van der Waals surface area (Å²) in [4.78, 5) is 36.7. The van der Waals surface area contributed by atoms with Crippen LogP contribution in [-0.4, -0.2) is 26.5 Å². The van der Waals surface area contributed by atoms with Crippen LogP contribution in [0, 0.1) is 27.7 Å². The van der Waals surface area contributed by atoms with Crippen LogP contribution in [0.5, 0.6) is 0 Å². The Kier molecular flexibility index (Phi) is 8.31. The number of H-pyrrole nitrogens is 3. The molecule has 0 amide bonds. The molecule has 0 fully saturated rings. The smallest absolute Gasteiger partial charge is 0.161 e. The van der Waals surface area contributed by atoms with Crippen LogP contribution in [0.3, 0.4) is 0 Å². The molecule has 0 saturated heterocycles. The Morgan fingerprint density at radius 1 is 0.617 bits per heavy atom. The maximum Gasteiger partial charge on any atom is 0.161 e. The fourth-order valence-corrected chi connectivity index (χ4v) is 10.1. The lowest BCUT2D eigenvalue weighted by atomic mass is 9.89. The zero-order valence-electron chi connectivity index (χ0n) is 26.8. The average molecular weight is 788 g/mol. The maximum atomic E-state index is 12.8. The Morgan fingerprint density at radius 2 is 1.02 bits per heavy atom. The van der Waals surface area contributed by atoms with E-state index in [9.17, 15) is 9.59 Å². The minimum absolute atomic E-state index is 0.0563. The van der Waals surface area contributed by atoms with Crippen LogP contribution in [0.1, 0.15) is 103 Å². The molecule has 238 valence electrons. The van der Waals surface area contributed by atoms with Gasteiger partial charge >= 0.3 is 0 Å². The summed E-state index contributed by atoms with van der Waals surface area (Å²) in [6, 6.07) is 17.2. The van der Waals surface area contributed by atoms with Crippen molar-refractivity contribution in [3.05, 3.63) is 136 Å². The van der Waals surface area contributed by atoms with Gasteiger partial charge in [-0.3, -0.25) is 9.59 Å². The molecule has 2 unspecified atom stereocenters. The van der Waals surface area contributed by atoms with Crippen LogP contribution >= 0.6 is 54.5 Å². The Balaban J connectivity index is 1.47. The molecular weight excluding hydrogens is 754 g/mol. The minimum atomic E-state index is -0.174. The number of hydrogen-bond acceptors (Lipinski definition) is 4. The summed E-state index contributed by atoms with van der Waals surface area (Å²) in [5.41, 5.74) is 11.6. The number of aromatic nitrogens is 3. The maximum absolute atomic E-state index is 12.8. The molecule has 2 aromatic carbocycles. The van der Waals surface area contributed by atoms with Crippen LogP contribution in [0.4, 0.5) is 0 Å². The van der Waals surface area contributed by atoms with E-state index in [2.05, 4.69) is 106 Å². The first-order valence-corrected chi connectivity index (χ1v) is 18.7. The molecule has 0 aliphatic heterocycles. The second kappa shape index (κ2) is 12.2. The number of carbonyl (C=O) groups excluding carboxylic acids is 2. The number of aromatic amines is 3. The van der Waals surface area contributed by atoms with Crippen LogP contribution in [0.25, 0.3) is 20.2 Å². The molecule has 5 heterocycles. The highest BCUT2D eigenvalue weighted by Crippen LogP contribution is 2.45. The van der Waals surface area contributed by atoms with Crippen molar-refractivity contribution in [3.63, 3.8) is 0 Å². The van der Waals surface area contributed by atoms with Gasteiger partial charge in [0.2, 0.25) is 0 Å². The summed E-state index contributed by atoms with van der Waals surface area (Å²) in [5, 5.41) is 6.83. The van der Waals surface area contributed by atoms with Crippen molar-refractivity contribution < 1.29 is 9.59 Å². The quantitative estimate of drug-likeness (QED) is 0.134. The first-order valence-electron chi connectivity index (χ1n) is 15.4. The average Bonchev–Trinajstić information content (AvgIpc) is 3.83. The molecule has 5 aromatic heterocycles. The molecule has 0 aliphatic carbocycles. The Morgan fingerprint density at radius 3 is 1.38 bits per heavy atom. The summed E-state index contributed by atoms with van der Waals surface area (Å²) in [6.07, 6.45) is 0. The third-order valence-corrected chi connectivity index (χ3v) is 12.3. The SMILES string of the molecule is CC(=O)c1c(C)[nH]c(C(c2ccc(C(c3[nH]c(C)c(C(C)=O)c3C)c3csc4ccc(Br)cc34)[nH]2)c2csc3ccc(Br)cc23)c1C. The second-order valence-corrected chi connectivity index (χ2v) is 16.0. The summed E-state index contributed by atoms with van der Waals surface area (Å²) in [7, 11) is 0. The van der Waals surface area contributed by atoms with Gasteiger partial charge in [-0.15, -0.1) is 22.7 Å². The lowest BCUT2D eigenvalue weighted by Crippen LogP contribution is -2.09. The van der Waals surface area contributed by atoms with Gasteiger partial charge in [0, 0.05) is 63.6 Å². The van der Waals surface area contributed by atoms with Gasteiger partial charge in [0.1, 0.15) is 0 Å². The lowest BCUT2D eigenvalue weighted by Gasteiger charge is -2.19. The molecule has 7 rings (SSSR count). The van der Waals surface area contributed by atoms with Crippen LogP contribution in [0.15, 0.2) is 68.2 Å². The van der Waals surface area contributed by atoms with E-state index in [1.807, 2.05) is 27.7 Å². The Hall–Kier alpha value is -3.50. The first kappa shape index (κ1) is 32.1. The number of fused-ring (bicyclic) bond motifs is 2. The van der Waals surface area contributed by atoms with Crippen molar-refractivity contribution in [2.75, 3.05) is 0 Å². The number of halogens is 2. The van der Waals surface area contributed by atoms with Gasteiger partial charge in [0.05, 0.1) is 11.8 Å². The van der Waals surface area contributed by atoms with Crippen LogP contribution in [-0.2, 0) is 0 Å². The van der Waals surface area contributed by atoms with Gasteiger partial charge < -0.3 is 15.0 Å². The van der Waals surface area contributed by atoms with Gasteiger partial charge in [0.25, 0.3) is 0 Å². The topological polar surface area (TPSA) is 81.5 Å². The number of thiophene rings is 2. The van der Waals surface area contributed by atoms with E-state index in [-0.39, 0.29) is 23.4 Å². The van der Waals surface area contributed by atoms with Crippen LogP contribution in [0.2, 0.25) is 0 Å². The van der Waals surface area contributed by atoms with Gasteiger partial charge in [-0.25, -0.2) is 0 Å². The van der Waals surface area contributed by atoms with Gasteiger partial charge in [-0.2, -0.15) is 0 Å². The largest absolute Gasteiger partial charge is 0.361 e. The predicted octanol–water partition coefficient (Wildman–Crippen LogP) is 11.6. The first-order chi connectivity index (χ1) is 22.4. The number of carbonyl (C=O) groups is 2. The van der Waals surface area contributed by atoms with Crippen molar-refractivity contribution in [3.8, 4) is 0 Å². The van der Waals surface area contributed by atoms with Crippen molar-refractivity contribution in [2.45, 2.75) is 53.4 Å². The summed E-state index contributed by atoms with van der Waals surface area (Å²) in [6.45, 7) is 11.3. The molecule has 0 bridgehead atoms. The summed E-state index contributed by atoms with van der Waals surface area (Å²) < 4.78 is 4.45. The standard InChI is InChI=1S/C38H33Br2N3O2S2/c1-17-33(21(5)44)19(3)41-37(17)35(27-15-46-31-11-7-23(39)13-25(27)31)29-9-10-30(43-29)36(38-18(2)34(22(6)45)20(4)42-38)28-16-47-32-12-8-24(40)14-26(28)32/h7-16,35-36,41-43H,1-6H3. The third-order valence-electron chi connectivity index (χ3n) is 9.34. The van der Waals surface area contributed by atoms with Crippen molar-refractivity contribution >= 4 is 86.3 Å². The predicted molar refractivity (Wildman–Crippen MR) is 202 cm³/mol. The molecule has 47 heavy (non-hydrogen) atoms. The molecular formula is C38H33Br2N3O2S2. The third kappa shape index (κ3) is 5.41. The van der Waals surface area contributed by atoms with E-state index in [0.29, 0.717) is 0 Å². The summed E-state index contributed by atoms with van der Waals surface area (Å²) >= 11 is 10.8.